The average molecular weight is 117 g/mol. The lowest BCUT2D eigenvalue weighted by Gasteiger charge is -2.15. The van der Waals surface area contributed by atoms with Gasteiger partial charge in [0, 0.05) is 19.0 Å². The zero-order chi connectivity index (χ0) is 6.20. The van der Waals surface area contributed by atoms with E-state index in [4.69, 9.17) is 0 Å². The summed E-state index contributed by atoms with van der Waals surface area (Å²) < 4.78 is 12.9. The molecule has 1 N–H and O–H groups in total. The Morgan fingerprint density at radius 2 is 2.38 bits per heavy atom. The van der Waals surface area contributed by atoms with Crippen LogP contribution in [-0.4, -0.2) is 18.8 Å². The second-order valence-electron chi connectivity index (χ2n) is 2.81. The fourth-order valence-electron chi connectivity index (χ4n) is 0.920. The van der Waals surface area contributed by atoms with Crippen LogP contribution < -0.4 is 5.32 Å². The van der Waals surface area contributed by atoms with E-state index >= 15 is 0 Å². The molecule has 0 spiro atoms. The Kier molecular flexibility index (Phi) is 1.27. The van der Waals surface area contributed by atoms with Gasteiger partial charge in [-0.15, -0.1) is 0 Å². The van der Waals surface area contributed by atoms with Crippen molar-refractivity contribution in [2.75, 3.05) is 13.1 Å². The number of rotatable bonds is 0. The molecule has 0 aromatic carbocycles. The minimum Gasteiger partial charge on any atom is -0.313 e. The number of halogens is 1. The predicted octanol–water partition coefficient (Wildman–Crippen LogP) is 0.954. The lowest BCUT2D eigenvalue weighted by Crippen LogP contribution is -2.26. The van der Waals surface area contributed by atoms with E-state index in [1.54, 1.807) is 6.92 Å². The third-order valence-electron chi connectivity index (χ3n) is 1.95. The Labute approximate surface area is 49.3 Å². The highest BCUT2D eigenvalue weighted by atomic mass is 19.1. The molecule has 1 aliphatic heterocycles. The largest absolute Gasteiger partial charge is 0.313 e. The molecular weight excluding hydrogens is 105 g/mol. The molecule has 0 aliphatic carbocycles. The van der Waals surface area contributed by atoms with E-state index in [0.29, 0.717) is 6.54 Å². The Hall–Kier alpha value is -0.110. The molecule has 0 aromatic rings. The molecule has 0 saturated carbocycles. The highest BCUT2D eigenvalue weighted by Gasteiger charge is 2.35. The molecule has 0 amide bonds. The zero-order valence-electron chi connectivity index (χ0n) is 5.37. The first-order valence-electron chi connectivity index (χ1n) is 3.02. The molecule has 48 valence electrons. The third-order valence-corrected chi connectivity index (χ3v) is 1.95. The molecule has 1 saturated heterocycles. The molecule has 1 fully saturated rings. The van der Waals surface area contributed by atoms with Gasteiger partial charge in [0.05, 0.1) is 0 Å². The van der Waals surface area contributed by atoms with Gasteiger partial charge in [0.25, 0.3) is 0 Å². The molecule has 8 heavy (non-hydrogen) atoms. The lowest BCUT2D eigenvalue weighted by atomic mass is 9.97. The van der Waals surface area contributed by atoms with Crippen molar-refractivity contribution in [3.63, 3.8) is 0 Å². The van der Waals surface area contributed by atoms with Crippen LogP contribution in [0.25, 0.3) is 0 Å². The van der Waals surface area contributed by atoms with Crippen LogP contribution in [0, 0.1) is 5.92 Å². The minimum atomic E-state index is -0.958. The van der Waals surface area contributed by atoms with Crippen LogP contribution >= 0.6 is 0 Å². The number of hydrogen-bond acceptors (Lipinski definition) is 1. The van der Waals surface area contributed by atoms with E-state index in [1.807, 2.05) is 6.92 Å². The van der Waals surface area contributed by atoms with Crippen LogP contribution in [0.15, 0.2) is 0 Å². The monoisotopic (exact) mass is 117 g/mol. The van der Waals surface area contributed by atoms with Crippen molar-refractivity contribution in [2.24, 2.45) is 5.92 Å². The molecule has 2 atom stereocenters. The highest BCUT2D eigenvalue weighted by Crippen LogP contribution is 2.24. The summed E-state index contributed by atoms with van der Waals surface area (Å²) in [6, 6.07) is 0. The topological polar surface area (TPSA) is 12.0 Å². The molecule has 1 nitrogen and oxygen atoms in total. The van der Waals surface area contributed by atoms with Crippen LogP contribution in [0.3, 0.4) is 0 Å². The standard InChI is InChI=1S/C6H12FN/c1-5-3-8-4-6(5,2)7/h5,8H,3-4H2,1-2H3. The second kappa shape index (κ2) is 1.69. The smallest absolute Gasteiger partial charge is 0.124 e. The van der Waals surface area contributed by atoms with E-state index in [1.165, 1.54) is 0 Å². The molecule has 1 rings (SSSR count). The number of alkyl halides is 1. The Bertz CT molecular complexity index is 90.5. The maximum atomic E-state index is 12.9. The first-order chi connectivity index (χ1) is 3.63. The van der Waals surface area contributed by atoms with Crippen molar-refractivity contribution in [1.29, 1.82) is 0 Å². The average Bonchev–Trinajstić information content (AvgIpc) is 1.86. The van der Waals surface area contributed by atoms with Crippen molar-refractivity contribution < 1.29 is 4.39 Å². The normalized spacial score (nSPS) is 47.6. The molecule has 0 radical (unpaired) electrons. The van der Waals surface area contributed by atoms with Crippen LogP contribution in [0.4, 0.5) is 4.39 Å². The summed E-state index contributed by atoms with van der Waals surface area (Å²) in [6.45, 7) is 4.93. The first-order valence-corrected chi connectivity index (χ1v) is 3.02. The van der Waals surface area contributed by atoms with Gasteiger partial charge in [0.2, 0.25) is 0 Å². The lowest BCUT2D eigenvalue weighted by molar-refractivity contribution is 0.163. The van der Waals surface area contributed by atoms with Crippen LogP contribution in [0.1, 0.15) is 13.8 Å². The molecular formula is C6H12FN. The maximum absolute atomic E-state index is 12.9. The fourth-order valence-corrected chi connectivity index (χ4v) is 0.920. The highest BCUT2D eigenvalue weighted by molar-refractivity contribution is 4.89. The summed E-state index contributed by atoms with van der Waals surface area (Å²) in [7, 11) is 0. The van der Waals surface area contributed by atoms with E-state index < -0.39 is 5.67 Å². The van der Waals surface area contributed by atoms with Gasteiger partial charge in [-0.25, -0.2) is 4.39 Å². The third kappa shape index (κ3) is 0.848. The van der Waals surface area contributed by atoms with Crippen LogP contribution in [0.5, 0.6) is 0 Å². The summed E-state index contributed by atoms with van der Waals surface area (Å²) >= 11 is 0. The van der Waals surface area contributed by atoms with Crippen molar-refractivity contribution in [3.8, 4) is 0 Å². The summed E-state index contributed by atoms with van der Waals surface area (Å²) in [4.78, 5) is 0. The Morgan fingerprint density at radius 3 is 2.50 bits per heavy atom. The summed E-state index contributed by atoms with van der Waals surface area (Å²) in [5.74, 6) is 0.183. The van der Waals surface area contributed by atoms with Gasteiger partial charge in [-0.05, 0) is 6.92 Å². The second-order valence-corrected chi connectivity index (χ2v) is 2.81. The van der Waals surface area contributed by atoms with Gasteiger partial charge in [0.1, 0.15) is 5.67 Å². The molecule has 1 heterocycles. The summed E-state index contributed by atoms with van der Waals surface area (Å²) in [6.07, 6.45) is 0. The molecule has 2 unspecified atom stereocenters. The van der Waals surface area contributed by atoms with Crippen molar-refractivity contribution >= 4 is 0 Å². The van der Waals surface area contributed by atoms with E-state index in [9.17, 15) is 4.39 Å². The maximum Gasteiger partial charge on any atom is 0.124 e. The predicted molar refractivity (Wildman–Crippen MR) is 31.5 cm³/mol. The van der Waals surface area contributed by atoms with E-state index in [2.05, 4.69) is 5.32 Å². The summed E-state index contributed by atoms with van der Waals surface area (Å²) in [5, 5.41) is 2.99. The van der Waals surface area contributed by atoms with Crippen molar-refractivity contribution in [3.05, 3.63) is 0 Å². The van der Waals surface area contributed by atoms with Crippen LogP contribution in [-0.2, 0) is 0 Å². The molecule has 0 bridgehead atoms. The van der Waals surface area contributed by atoms with Crippen molar-refractivity contribution in [1.82, 2.24) is 5.32 Å². The van der Waals surface area contributed by atoms with Gasteiger partial charge in [0.15, 0.2) is 0 Å². The van der Waals surface area contributed by atoms with Gasteiger partial charge in [-0.1, -0.05) is 6.92 Å². The van der Waals surface area contributed by atoms with E-state index in [-0.39, 0.29) is 5.92 Å². The number of hydrogen-bond donors (Lipinski definition) is 1. The minimum absolute atomic E-state index is 0.183. The molecule has 1 aliphatic rings. The quantitative estimate of drug-likeness (QED) is 0.498. The molecule has 0 aromatic heterocycles. The Morgan fingerprint density at radius 1 is 1.75 bits per heavy atom. The number of nitrogens with one attached hydrogen (secondary N) is 1. The van der Waals surface area contributed by atoms with E-state index in [0.717, 1.165) is 6.54 Å². The van der Waals surface area contributed by atoms with Gasteiger partial charge < -0.3 is 5.32 Å². The van der Waals surface area contributed by atoms with Crippen LogP contribution in [0.2, 0.25) is 0 Å². The SMILES string of the molecule is CC1CNCC1(C)F. The zero-order valence-corrected chi connectivity index (χ0v) is 5.37. The van der Waals surface area contributed by atoms with Crippen molar-refractivity contribution in [2.45, 2.75) is 19.5 Å². The summed E-state index contributed by atoms with van der Waals surface area (Å²) in [5.41, 5.74) is -0.958. The fraction of sp³-hybridized carbons (Fsp3) is 1.00. The first kappa shape index (κ1) is 6.02. The Balaban J connectivity index is 2.54. The van der Waals surface area contributed by atoms with Gasteiger partial charge in [-0.2, -0.15) is 0 Å². The molecule has 2 heteroatoms. The van der Waals surface area contributed by atoms with Gasteiger partial charge >= 0.3 is 0 Å². The van der Waals surface area contributed by atoms with Gasteiger partial charge in [-0.3, -0.25) is 0 Å².